The van der Waals surface area contributed by atoms with Crippen molar-refractivity contribution in [2.75, 3.05) is 5.32 Å². The van der Waals surface area contributed by atoms with E-state index in [1.807, 2.05) is 66.7 Å². The SMILES string of the molecule is O=C(NCc1cccnc1)c1ccc(Nc2ccccc2Oc2ccccc2)nn1. The van der Waals surface area contributed by atoms with Crippen molar-refractivity contribution in [2.24, 2.45) is 0 Å². The molecule has 0 spiro atoms. The molecule has 0 saturated carbocycles. The molecule has 4 aromatic rings. The molecule has 7 heteroatoms. The summed E-state index contributed by atoms with van der Waals surface area (Å²) in [6.07, 6.45) is 3.39. The van der Waals surface area contributed by atoms with Crippen LogP contribution in [0.15, 0.2) is 91.3 Å². The molecule has 2 aromatic heterocycles. The molecule has 0 aliphatic heterocycles. The van der Waals surface area contributed by atoms with E-state index in [1.54, 1.807) is 24.5 Å². The zero-order valence-electron chi connectivity index (χ0n) is 16.0. The number of ether oxygens (including phenoxy) is 1. The summed E-state index contributed by atoms with van der Waals surface area (Å²) in [4.78, 5) is 16.3. The van der Waals surface area contributed by atoms with Crippen molar-refractivity contribution in [2.45, 2.75) is 6.54 Å². The Kier molecular flexibility index (Phi) is 5.91. The van der Waals surface area contributed by atoms with Crippen LogP contribution in [0.4, 0.5) is 11.5 Å². The standard InChI is InChI=1S/C23H19N5O2/c29-23(25-16-17-7-6-14-24-15-17)20-12-13-22(28-27-20)26-19-10-4-5-11-21(19)30-18-8-2-1-3-9-18/h1-15H,16H2,(H,25,29)(H,26,28). The molecule has 1 amide bonds. The third kappa shape index (κ3) is 4.96. The lowest BCUT2D eigenvalue weighted by atomic mass is 10.2. The molecule has 2 aromatic carbocycles. The highest BCUT2D eigenvalue weighted by Crippen LogP contribution is 2.30. The Balaban J connectivity index is 1.41. The number of para-hydroxylation sites is 3. The zero-order valence-corrected chi connectivity index (χ0v) is 16.0. The number of hydrogen-bond acceptors (Lipinski definition) is 6. The van der Waals surface area contributed by atoms with Gasteiger partial charge in [-0.2, -0.15) is 0 Å². The van der Waals surface area contributed by atoms with Gasteiger partial charge in [-0.1, -0.05) is 36.4 Å². The first kappa shape index (κ1) is 19.1. The summed E-state index contributed by atoms with van der Waals surface area (Å²) < 4.78 is 5.94. The summed E-state index contributed by atoms with van der Waals surface area (Å²) in [7, 11) is 0. The smallest absolute Gasteiger partial charge is 0.272 e. The first-order valence-corrected chi connectivity index (χ1v) is 9.38. The first-order valence-electron chi connectivity index (χ1n) is 9.38. The van der Waals surface area contributed by atoms with Crippen molar-refractivity contribution in [1.82, 2.24) is 20.5 Å². The minimum Gasteiger partial charge on any atom is -0.455 e. The molecular formula is C23H19N5O2. The van der Waals surface area contributed by atoms with Gasteiger partial charge in [0.05, 0.1) is 5.69 Å². The molecule has 0 aliphatic rings. The van der Waals surface area contributed by atoms with E-state index in [2.05, 4.69) is 25.8 Å². The first-order chi connectivity index (χ1) is 14.8. The van der Waals surface area contributed by atoms with Gasteiger partial charge in [-0.15, -0.1) is 10.2 Å². The quantitative estimate of drug-likeness (QED) is 0.482. The summed E-state index contributed by atoms with van der Waals surface area (Å²) in [6.45, 7) is 0.374. The number of hydrogen-bond donors (Lipinski definition) is 2. The number of rotatable bonds is 7. The Morgan fingerprint density at radius 1 is 0.867 bits per heavy atom. The minimum atomic E-state index is -0.300. The fraction of sp³-hybridized carbons (Fsp3) is 0.0435. The normalized spacial score (nSPS) is 10.3. The lowest BCUT2D eigenvalue weighted by Gasteiger charge is -2.12. The van der Waals surface area contributed by atoms with Gasteiger partial charge < -0.3 is 15.4 Å². The molecule has 0 saturated heterocycles. The van der Waals surface area contributed by atoms with Crippen molar-refractivity contribution in [1.29, 1.82) is 0 Å². The summed E-state index contributed by atoms with van der Waals surface area (Å²) in [6, 6.07) is 24.1. The highest BCUT2D eigenvalue weighted by Gasteiger charge is 2.10. The van der Waals surface area contributed by atoms with E-state index in [0.29, 0.717) is 18.1 Å². The van der Waals surface area contributed by atoms with Gasteiger partial charge in [0, 0.05) is 18.9 Å². The van der Waals surface area contributed by atoms with E-state index in [9.17, 15) is 4.79 Å². The average Bonchev–Trinajstić information content (AvgIpc) is 2.81. The van der Waals surface area contributed by atoms with E-state index >= 15 is 0 Å². The molecule has 7 nitrogen and oxygen atoms in total. The monoisotopic (exact) mass is 397 g/mol. The maximum absolute atomic E-state index is 12.3. The maximum Gasteiger partial charge on any atom is 0.272 e. The Morgan fingerprint density at radius 2 is 1.70 bits per heavy atom. The number of carbonyl (C=O) groups excluding carboxylic acids is 1. The molecule has 0 fully saturated rings. The Hall–Kier alpha value is -4.26. The molecule has 2 heterocycles. The van der Waals surface area contributed by atoms with Crippen LogP contribution < -0.4 is 15.4 Å². The van der Waals surface area contributed by atoms with Gasteiger partial charge in [-0.25, -0.2) is 0 Å². The van der Waals surface area contributed by atoms with Crippen molar-refractivity contribution in [3.8, 4) is 11.5 Å². The summed E-state index contributed by atoms with van der Waals surface area (Å²) in [5.41, 5.74) is 1.88. The van der Waals surface area contributed by atoms with Crippen LogP contribution >= 0.6 is 0 Å². The lowest BCUT2D eigenvalue weighted by Crippen LogP contribution is -2.24. The van der Waals surface area contributed by atoms with Gasteiger partial charge >= 0.3 is 0 Å². The summed E-state index contributed by atoms with van der Waals surface area (Å²) in [5, 5.41) is 14.1. The van der Waals surface area contributed by atoms with Crippen LogP contribution in [0.25, 0.3) is 0 Å². The second kappa shape index (κ2) is 9.29. The van der Waals surface area contributed by atoms with Crippen LogP contribution in [-0.4, -0.2) is 21.1 Å². The molecule has 0 unspecified atom stereocenters. The molecule has 0 aliphatic carbocycles. The Morgan fingerprint density at radius 3 is 2.47 bits per heavy atom. The molecule has 0 bridgehead atoms. The second-order valence-electron chi connectivity index (χ2n) is 6.38. The number of anilines is 2. The second-order valence-corrected chi connectivity index (χ2v) is 6.38. The zero-order chi connectivity index (χ0) is 20.6. The fourth-order valence-corrected chi connectivity index (χ4v) is 2.71. The number of nitrogens with one attached hydrogen (secondary N) is 2. The van der Waals surface area contributed by atoms with Crippen LogP contribution in [0.1, 0.15) is 16.1 Å². The van der Waals surface area contributed by atoms with Gasteiger partial charge in [0.1, 0.15) is 5.75 Å². The van der Waals surface area contributed by atoms with Crippen LogP contribution in [0, 0.1) is 0 Å². The Labute approximate surface area is 173 Å². The largest absolute Gasteiger partial charge is 0.455 e. The van der Waals surface area contributed by atoms with Crippen molar-refractivity contribution < 1.29 is 9.53 Å². The topological polar surface area (TPSA) is 89.0 Å². The molecule has 148 valence electrons. The predicted octanol–water partition coefficient (Wildman–Crippen LogP) is 4.34. The van der Waals surface area contributed by atoms with E-state index in [0.717, 1.165) is 17.0 Å². The van der Waals surface area contributed by atoms with Crippen molar-refractivity contribution in [3.05, 3.63) is 103 Å². The predicted molar refractivity (Wildman–Crippen MR) is 114 cm³/mol. The fourth-order valence-electron chi connectivity index (χ4n) is 2.71. The number of aromatic nitrogens is 3. The average molecular weight is 397 g/mol. The van der Waals surface area contributed by atoms with Gasteiger partial charge in [0.15, 0.2) is 17.3 Å². The van der Waals surface area contributed by atoms with Gasteiger partial charge in [-0.3, -0.25) is 9.78 Å². The van der Waals surface area contributed by atoms with Gasteiger partial charge in [0.2, 0.25) is 0 Å². The number of nitrogens with zero attached hydrogens (tertiary/aromatic N) is 3. The van der Waals surface area contributed by atoms with Crippen LogP contribution in [0.5, 0.6) is 11.5 Å². The van der Waals surface area contributed by atoms with E-state index in [-0.39, 0.29) is 11.6 Å². The lowest BCUT2D eigenvalue weighted by molar-refractivity contribution is 0.0945. The molecule has 30 heavy (non-hydrogen) atoms. The third-order valence-corrected chi connectivity index (χ3v) is 4.19. The van der Waals surface area contributed by atoms with E-state index < -0.39 is 0 Å². The molecule has 0 atom stereocenters. The molecule has 0 radical (unpaired) electrons. The third-order valence-electron chi connectivity index (χ3n) is 4.19. The van der Waals surface area contributed by atoms with Gasteiger partial charge in [0.25, 0.3) is 5.91 Å². The van der Waals surface area contributed by atoms with Crippen LogP contribution in [0.3, 0.4) is 0 Å². The highest BCUT2D eigenvalue weighted by atomic mass is 16.5. The maximum atomic E-state index is 12.3. The Bertz CT molecular complexity index is 1100. The molecule has 4 rings (SSSR count). The highest BCUT2D eigenvalue weighted by molar-refractivity contribution is 5.92. The molecule has 2 N–H and O–H groups in total. The van der Waals surface area contributed by atoms with Crippen molar-refractivity contribution in [3.63, 3.8) is 0 Å². The summed E-state index contributed by atoms with van der Waals surface area (Å²) >= 11 is 0. The number of amides is 1. The van der Waals surface area contributed by atoms with Crippen molar-refractivity contribution >= 4 is 17.4 Å². The number of carbonyl (C=O) groups is 1. The summed E-state index contributed by atoms with van der Waals surface area (Å²) in [5.74, 6) is 1.59. The molecular weight excluding hydrogens is 378 g/mol. The van der Waals surface area contributed by atoms with Crippen LogP contribution in [0.2, 0.25) is 0 Å². The van der Waals surface area contributed by atoms with E-state index in [4.69, 9.17) is 4.74 Å². The number of pyridine rings is 1. The number of benzene rings is 2. The minimum absolute atomic E-state index is 0.235. The van der Waals surface area contributed by atoms with Gasteiger partial charge in [-0.05, 0) is 48.0 Å². The van der Waals surface area contributed by atoms with Crippen LogP contribution in [-0.2, 0) is 6.54 Å². The van der Waals surface area contributed by atoms with E-state index in [1.165, 1.54) is 0 Å².